The lowest BCUT2D eigenvalue weighted by atomic mass is 9.94. The lowest BCUT2D eigenvalue weighted by Crippen LogP contribution is -2.30. The molecule has 0 radical (unpaired) electrons. The summed E-state index contributed by atoms with van der Waals surface area (Å²) in [6, 6.07) is 2.62. The van der Waals surface area contributed by atoms with Crippen LogP contribution in [0.5, 0.6) is 0 Å². The second-order valence-corrected chi connectivity index (χ2v) is 3.18. The van der Waals surface area contributed by atoms with Crippen LogP contribution in [-0.4, -0.2) is 25.0 Å². The summed E-state index contributed by atoms with van der Waals surface area (Å²) >= 11 is 0. The molecular formula is C9H14N2. The summed E-state index contributed by atoms with van der Waals surface area (Å²) in [7, 11) is 4.06. The molecule has 0 amide bonds. The van der Waals surface area contributed by atoms with Crippen molar-refractivity contribution in [2.24, 2.45) is 0 Å². The molecule has 2 heteroatoms. The van der Waals surface area contributed by atoms with E-state index < -0.39 is 0 Å². The minimum atomic E-state index is 0.369. The Kier molecular flexibility index (Phi) is 2.67. The zero-order valence-corrected chi connectivity index (χ0v) is 7.17. The number of nitriles is 1. The number of allylic oxidation sites excluding steroid dienone is 1. The molecule has 1 aliphatic carbocycles. The zero-order chi connectivity index (χ0) is 8.27. The number of rotatable bonds is 1. The van der Waals surface area contributed by atoms with Gasteiger partial charge in [0.1, 0.15) is 0 Å². The van der Waals surface area contributed by atoms with Crippen molar-refractivity contribution in [1.82, 2.24) is 4.90 Å². The van der Waals surface area contributed by atoms with Crippen LogP contribution < -0.4 is 0 Å². The van der Waals surface area contributed by atoms with Gasteiger partial charge in [0.25, 0.3) is 0 Å². The Morgan fingerprint density at radius 3 is 2.82 bits per heavy atom. The van der Waals surface area contributed by atoms with Crippen molar-refractivity contribution < 1.29 is 0 Å². The first kappa shape index (κ1) is 8.29. The minimum Gasteiger partial charge on any atom is -0.302 e. The summed E-state index contributed by atoms with van der Waals surface area (Å²) in [5, 5.41) is 8.77. The lowest BCUT2D eigenvalue weighted by Gasteiger charge is -2.26. The van der Waals surface area contributed by atoms with Crippen LogP contribution in [0.4, 0.5) is 0 Å². The largest absolute Gasteiger partial charge is 0.302 e. The number of nitrogens with zero attached hydrogens (tertiary/aromatic N) is 2. The SMILES string of the molecule is CN(C)C1CCCC=C1C#N. The summed E-state index contributed by atoms with van der Waals surface area (Å²) < 4.78 is 0. The van der Waals surface area contributed by atoms with E-state index in [1.807, 2.05) is 14.1 Å². The molecular weight excluding hydrogens is 136 g/mol. The van der Waals surface area contributed by atoms with Crippen LogP contribution in [-0.2, 0) is 0 Å². The Morgan fingerprint density at radius 1 is 1.64 bits per heavy atom. The van der Waals surface area contributed by atoms with Crippen molar-refractivity contribution in [3.63, 3.8) is 0 Å². The average molecular weight is 150 g/mol. The summed E-state index contributed by atoms with van der Waals surface area (Å²) in [4.78, 5) is 2.12. The van der Waals surface area contributed by atoms with Crippen LogP contribution in [0.1, 0.15) is 19.3 Å². The Hall–Kier alpha value is -0.810. The fourth-order valence-electron chi connectivity index (χ4n) is 1.52. The predicted octanol–water partition coefficient (Wildman–Crippen LogP) is 1.55. The standard InChI is InChI=1S/C9H14N2/c1-11(2)9-6-4-3-5-8(9)7-10/h5,9H,3-4,6H2,1-2H3. The third-order valence-corrected chi connectivity index (χ3v) is 2.16. The first-order chi connectivity index (χ1) is 5.25. The molecule has 0 saturated heterocycles. The topological polar surface area (TPSA) is 27.0 Å². The van der Waals surface area contributed by atoms with E-state index in [-0.39, 0.29) is 0 Å². The second kappa shape index (κ2) is 3.54. The fraction of sp³-hybridized carbons (Fsp3) is 0.667. The van der Waals surface area contributed by atoms with Crippen LogP contribution in [0.2, 0.25) is 0 Å². The summed E-state index contributed by atoms with van der Waals surface area (Å²) in [6.07, 6.45) is 5.49. The third-order valence-electron chi connectivity index (χ3n) is 2.16. The first-order valence-corrected chi connectivity index (χ1v) is 4.02. The maximum absolute atomic E-state index is 8.77. The Labute approximate surface area is 68.1 Å². The third kappa shape index (κ3) is 1.81. The number of hydrogen-bond donors (Lipinski definition) is 0. The molecule has 0 N–H and O–H groups in total. The molecule has 0 aromatic heterocycles. The molecule has 0 aromatic rings. The Balaban J connectivity index is 2.72. The van der Waals surface area contributed by atoms with Gasteiger partial charge in [-0.3, -0.25) is 0 Å². The van der Waals surface area contributed by atoms with Crippen LogP contribution in [0.25, 0.3) is 0 Å². The van der Waals surface area contributed by atoms with Crippen molar-refractivity contribution in [3.8, 4) is 6.07 Å². The van der Waals surface area contributed by atoms with E-state index in [2.05, 4.69) is 17.0 Å². The molecule has 11 heavy (non-hydrogen) atoms. The minimum absolute atomic E-state index is 0.369. The van der Waals surface area contributed by atoms with Crippen molar-refractivity contribution >= 4 is 0 Å². The molecule has 1 atom stereocenters. The molecule has 0 fully saturated rings. The fourth-order valence-corrected chi connectivity index (χ4v) is 1.52. The maximum atomic E-state index is 8.77. The van der Waals surface area contributed by atoms with E-state index in [9.17, 15) is 0 Å². The van der Waals surface area contributed by atoms with E-state index in [4.69, 9.17) is 5.26 Å². The van der Waals surface area contributed by atoms with E-state index in [1.54, 1.807) is 0 Å². The van der Waals surface area contributed by atoms with Gasteiger partial charge in [0, 0.05) is 11.6 Å². The molecule has 0 heterocycles. The highest BCUT2D eigenvalue weighted by Crippen LogP contribution is 2.20. The summed E-state index contributed by atoms with van der Waals surface area (Å²) in [6.45, 7) is 0. The highest BCUT2D eigenvalue weighted by atomic mass is 15.1. The van der Waals surface area contributed by atoms with E-state index in [0.29, 0.717) is 6.04 Å². The van der Waals surface area contributed by atoms with Crippen LogP contribution >= 0.6 is 0 Å². The van der Waals surface area contributed by atoms with E-state index in [1.165, 1.54) is 6.42 Å². The van der Waals surface area contributed by atoms with Gasteiger partial charge in [-0.25, -0.2) is 0 Å². The monoisotopic (exact) mass is 150 g/mol. The molecule has 60 valence electrons. The van der Waals surface area contributed by atoms with Crippen molar-refractivity contribution in [2.75, 3.05) is 14.1 Å². The smallest absolute Gasteiger partial charge is 0.0960 e. The highest BCUT2D eigenvalue weighted by molar-refractivity contribution is 5.28. The quantitative estimate of drug-likeness (QED) is 0.567. The molecule has 1 rings (SSSR count). The van der Waals surface area contributed by atoms with Crippen LogP contribution in [0, 0.1) is 11.3 Å². The highest BCUT2D eigenvalue weighted by Gasteiger charge is 2.18. The normalized spacial score (nSPS) is 24.5. The predicted molar refractivity (Wildman–Crippen MR) is 45.0 cm³/mol. The van der Waals surface area contributed by atoms with Gasteiger partial charge in [0.05, 0.1) is 6.07 Å². The first-order valence-electron chi connectivity index (χ1n) is 4.02. The van der Waals surface area contributed by atoms with E-state index in [0.717, 1.165) is 18.4 Å². The van der Waals surface area contributed by atoms with Gasteiger partial charge in [-0.15, -0.1) is 0 Å². The van der Waals surface area contributed by atoms with Crippen molar-refractivity contribution in [2.45, 2.75) is 25.3 Å². The van der Waals surface area contributed by atoms with Gasteiger partial charge in [0.15, 0.2) is 0 Å². The summed E-state index contributed by atoms with van der Waals surface area (Å²) in [5.74, 6) is 0. The van der Waals surface area contributed by atoms with Gasteiger partial charge in [-0.1, -0.05) is 6.08 Å². The maximum Gasteiger partial charge on any atom is 0.0960 e. The Bertz CT molecular complexity index is 198. The van der Waals surface area contributed by atoms with Gasteiger partial charge in [-0.2, -0.15) is 5.26 Å². The molecule has 1 aliphatic rings. The number of hydrogen-bond acceptors (Lipinski definition) is 2. The van der Waals surface area contributed by atoms with Crippen LogP contribution in [0.15, 0.2) is 11.6 Å². The van der Waals surface area contributed by atoms with Crippen molar-refractivity contribution in [3.05, 3.63) is 11.6 Å². The van der Waals surface area contributed by atoms with Gasteiger partial charge in [-0.05, 0) is 33.4 Å². The van der Waals surface area contributed by atoms with E-state index >= 15 is 0 Å². The average Bonchev–Trinajstić information content (AvgIpc) is 2.04. The molecule has 0 aliphatic heterocycles. The van der Waals surface area contributed by atoms with Crippen LogP contribution in [0.3, 0.4) is 0 Å². The summed E-state index contributed by atoms with van der Waals surface area (Å²) in [5.41, 5.74) is 0.946. The zero-order valence-electron chi connectivity index (χ0n) is 7.17. The van der Waals surface area contributed by atoms with Crippen molar-refractivity contribution in [1.29, 1.82) is 5.26 Å². The molecule has 0 saturated carbocycles. The molecule has 0 spiro atoms. The molecule has 0 aromatic carbocycles. The molecule has 0 bridgehead atoms. The molecule has 1 unspecified atom stereocenters. The Morgan fingerprint density at radius 2 is 2.36 bits per heavy atom. The lowest BCUT2D eigenvalue weighted by molar-refractivity contribution is 0.307. The molecule has 2 nitrogen and oxygen atoms in total. The second-order valence-electron chi connectivity index (χ2n) is 3.18. The van der Waals surface area contributed by atoms with Gasteiger partial charge < -0.3 is 4.90 Å². The van der Waals surface area contributed by atoms with Gasteiger partial charge >= 0.3 is 0 Å². The number of likely N-dealkylation sites (N-methyl/N-ethyl adjacent to an activating group) is 1. The van der Waals surface area contributed by atoms with Gasteiger partial charge in [0.2, 0.25) is 0 Å².